The molecule has 0 saturated carbocycles. The summed E-state index contributed by atoms with van der Waals surface area (Å²) in [6.07, 6.45) is 3.67. The largest absolute Gasteiger partial charge is 0 e. The van der Waals surface area contributed by atoms with Gasteiger partial charge in [0.15, 0.2) is 0 Å². The van der Waals surface area contributed by atoms with Crippen LogP contribution in [0.25, 0.3) is 87.5 Å². The van der Waals surface area contributed by atoms with Gasteiger partial charge in [0.05, 0.1) is 0 Å². The Morgan fingerprint density at radius 3 is 1.84 bits per heavy atom. The van der Waals surface area contributed by atoms with Crippen LogP contribution >= 0.6 is 0 Å². The number of hydrogen-bond donors (Lipinski definition) is 0. The van der Waals surface area contributed by atoms with E-state index in [1.54, 1.807) is 6.20 Å². The van der Waals surface area contributed by atoms with Crippen molar-refractivity contribution in [1.82, 2.24) is 9.97 Å². The van der Waals surface area contributed by atoms with Crippen molar-refractivity contribution >= 4 is 82.7 Å². The summed E-state index contributed by atoms with van der Waals surface area (Å²) in [6, 6.07) is 51.9. The van der Waals surface area contributed by atoms with Crippen molar-refractivity contribution in [3.63, 3.8) is 0 Å². The van der Waals surface area contributed by atoms with Crippen molar-refractivity contribution in [3.05, 3.63) is 163 Å². The second-order valence-electron chi connectivity index (χ2n) is 16.6. The Balaban J connectivity index is 0.000000163. The van der Waals surface area contributed by atoms with Gasteiger partial charge in [-0.2, -0.15) is 0 Å². The van der Waals surface area contributed by atoms with Gasteiger partial charge in [-0.25, -0.2) is 0 Å². The second kappa shape index (κ2) is 15.9. The van der Waals surface area contributed by atoms with E-state index >= 15 is 0 Å². The molecule has 0 saturated heterocycles. The Labute approximate surface area is 358 Å². The molecule has 0 aliphatic carbocycles. The summed E-state index contributed by atoms with van der Waals surface area (Å²) in [7, 11) is 0. The number of aromatic nitrogens is 2. The molecule has 3 heterocycles. The maximum Gasteiger partial charge on any atom is 0 e. The van der Waals surface area contributed by atoms with Crippen molar-refractivity contribution in [2.45, 2.75) is 56.8 Å². The standard InChI is InChI=1S/C27H26GeNO.C26H20N.Ir/c1-17(2)18-13-14-29-25(16-18)24-8-6-7-22-23-11-9-19-15-20(28(3,4)5)10-12-21(19)26(23)30-27(22)24;1-17(2)18-13-14-27-26(16-18)19-11-12-24-22-9-4-3-7-20(22)21-8-5-6-10-23(21)25(24)15-19;/h6-7,9-17H,1-5H3;3-10,12-17H,1-2H3;/q2*-1;/i17D;;. The Kier molecular flexibility index (Phi) is 10.5. The first-order valence-electron chi connectivity index (χ1n) is 20.3. The quantitative estimate of drug-likeness (QED) is 0.0980. The van der Waals surface area contributed by atoms with Crippen LogP contribution in [0.3, 0.4) is 0 Å². The van der Waals surface area contributed by atoms with Crippen LogP contribution in [0, 0.1) is 12.1 Å². The monoisotopic (exact) mass is 994 g/mol. The topological polar surface area (TPSA) is 38.9 Å². The number of fused-ring (bicyclic) bond motifs is 11. The molecule has 10 rings (SSSR count). The zero-order valence-corrected chi connectivity index (χ0v) is 38.5. The molecular formula is C53H46GeIrN2O-2. The summed E-state index contributed by atoms with van der Waals surface area (Å²) in [5.41, 5.74) is 7.60. The molecule has 0 fully saturated rings. The van der Waals surface area contributed by atoms with Gasteiger partial charge in [-0.05, 0) is 33.8 Å². The van der Waals surface area contributed by atoms with Gasteiger partial charge in [0.25, 0.3) is 0 Å². The number of hydrogen-bond acceptors (Lipinski definition) is 3. The SMILES string of the molecule is CC(C)c1ccnc(-c2[c-]cc3c4ccccc4c4ccccc4c3c2)c1.[2H]C(C)(C)c1ccnc(-c2[c-]ccc3c2oc2c4cc[c]([Ge]([CH3])([CH3])[CH3])cc4ccc32)c1.[Ir]. The Morgan fingerprint density at radius 1 is 0.569 bits per heavy atom. The predicted octanol–water partition coefficient (Wildman–Crippen LogP) is 14.4. The first-order chi connectivity index (χ1) is 27.8. The molecular weight excluding hydrogens is 945 g/mol. The predicted molar refractivity (Wildman–Crippen MR) is 245 cm³/mol. The Bertz CT molecular complexity index is 3160. The average Bonchev–Trinajstić information content (AvgIpc) is 3.63. The van der Waals surface area contributed by atoms with E-state index in [-0.39, 0.29) is 20.1 Å². The van der Waals surface area contributed by atoms with E-state index in [0.717, 1.165) is 55.4 Å². The van der Waals surface area contributed by atoms with Crippen molar-refractivity contribution in [2.75, 3.05) is 0 Å². The summed E-state index contributed by atoms with van der Waals surface area (Å²) in [6.45, 7) is 8.20. The van der Waals surface area contributed by atoms with Crippen LogP contribution < -0.4 is 4.40 Å². The number of furan rings is 1. The maximum absolute atomic E-state index is 8.38. The molecule has 0 aliphatic rings. The van der Waals surface area contributed by atoms with E-state index in [4.69, 9.17) is 5.79 Å². The van der Waals surface area contributed by atoms with Crippen LogP contribution in [0.4, 0.5) is 0 Å². The summed E-state index contributed by atoms with van der Waals surface area (Å²) in [5.74, 6) is 7.05. The molecule has 1 radical (unpaired) electrons. The fourth-order valence-electron chi connectivity index (χ4n) is 8.01. The van der Waals surface area contributed by atoms with Gasteiger partial charge in [-0.1, -0.05) is 104 Å². The minimum atomic E-state index is -1.90. The molecule has 289 valence electrons. The van der Waals surface area contributed by atoms with Gasteiger partial charge in [-0.3, -0.25) is 0 Å². The molecule has 0 bridgehead atoms. The van der Waals surface area contributed by atoms with Crippen molar-refractivity contribution < 1.29 is 25.9 Å². The van der Waals surface area contributed by atoms with E-state index in [0.29, 0.717) is 5.92 Å². The van der Waals surface area contributed by atoms with Gasteiger partial charge in [0, 0.05) is 27.7 Å². The van der Waals surface area contributed by atoms with Gasteiger partial charge in [0.1, 0.15) is 0 Å². The molecule has 5 heteroatoms. The zero-order chi connectivity index (χ0) is 40.3. The summed E-state index contributed by atoms with van der Waals surface area (Å²) in [5, 5.41) is 12.2. The average molecular weight is 993 g/mol. The fraction of sp³-hybridized carbons (Fsp3) is 0.170. The molecule has 10 aromatic rings. The molecule has 0 atom stereocenters. The molecule has 0 unspecified atom stereocenters. The summed E-state index contributed by atoms with van der Waals surface area (Å²) >= 11 is -1.90. The molecule has 0 N–H and O–H groups in total. The van der Waals surface area contributed by atoms with E-state index in [9.17, 15) is 0 Å². The number of pyridine rings is 2. The van der Waals surface area contributed by atoms with E-state index in [1.165, 1.54) is 47.7 Å². The number of benzene rings is 7. The van der Waals surface area contributed by atoms with Crippen LogP contribution in [-0.2, 0) is 20.1 Å². The van der Waals surface area contributed by atoms with Gasteiger partial charge >= 0.3 is 167 Å². The summed E-state index contributed by atoms with van der Waals surface area (Å²) < 4.78 is 16.4. The van der Waals surface area contributed by atoms with Crippen LogP contribution in [0.5, 0.6) is 0 Å². The first kappa shape index (κ1) is 38.4. The zero-order valence-electron chi connectivity index (χ0n) is 35.0. The van der Waals surface area contributed by atoms with E-state index in [1.807, 2.05) is 38.2 Å². The first-order valence-corrected chi connectivity index (χ1v) is 27.2. The Morgan fingerprint density at radius 2 is 1.17 bits per heavy atom. The van der Waals surface area contributed by atoms with Crippen LogP contribution in [0.15, 0.2) is 144 Å². The van der Waals surface area contributed by atoms with Crippen LogP contribution in [0.1, 0.15) is 52.0 Å². The minimum absolute atomic E-state index is 0. The fourth-order valence-corrected chi connectivity index (χ4v) is 10.5. The molecule has 3 nitrogen and oxygen atoms in total. The van der Waals surface area contributed by atoms with Crippen molar-refractivity contribution in [1.29, 1.82) is 0 Å². The van der Waals surface area contributed by atoms with Gasteiger partial charge < -0.3 is 4.98 Å². The molecule has 0 spiro atoms. The molecule has 0 amide bonds. The third-order valence-corrected chi connectivity index (χ3v) is 15.6. The third-order valence-electron chi connectivity index (χ3n) is 11.3. The van der Waals surface area contributed by atoms with Crippen LogP contribution in [-0.4, -0.2) is 23.2 Å². The molecule has 7 aromatic carbocycles. The molecule has 0 aliphatic heterocycles. The maximum atomic E-state index is 8.38. The molecule has 3 aromatic heterocycles. The van der Waals surface area contributed by atoms with Crippen molar-refractivity contribution in [3.8, 4) is 22.5 Å². The van der Waals surface area contributed by atoms with Crippen LogP contribution in [0.2, 0.25) is 17.3 Å². The second-order valence-corrected chi connectivity index (χ2v) is 27.3. The third kappa shape index (κ3) is 7.28. The summed E-state index contributed by atoms with van der Waals surface area (Å²) in [4.78, 5) is 9.19. The van der Waals surface area contributed by atoms with E-state index < -0.39 is 19.2 Å². The normalized spacial score (nSPS) is 12.3. The van der Waals surface area contributed by atoms with Gasteiger partial charge in [0.2, 0.25) is 0 Å². The number of rotatable bonds is 5. The molecule has 58 heavy (non-hydrogen) atoms. The van der Waals surface area contributed by atoms with Gasteiger partial charge in [-0.15, -0.1) is 23.8 Å². The minimum Gasteiger partial charge on any atom is 0 e. The Hall–Kier alpha value is -5.13. The smallest absolute Gasteiger partial charge is 0 e. The van der Waals surface area contributed by atoms with Crippen molar-refractivity contribution in [2.24, 2.45) is 0 Å². The number of nitrogens with zero attached hydrogens (tertiary/aromatic N) is 2. The van der Waals surface area contributed by atoms with E-state index in [2.05, 4.69) is 162 Å².